The number of halogens is 1. The lowest BCUT2D eigenvalue weighted by molar-refractivity contribution is 0.0396. The number of nitrogens with zero attached hydrogens (tertiary/aromatic N) is 2. The van der Waals surface area contributed by atoms with Crippen LogP contribution in [0.2, 0.25) is 0 Å². The summed E-state index contributed by atoms with van der Waals surface area (Å²) in [7, 11) is 1.82. The van der Waals surface area contributed by atoms with Gasteiger partial charge in [0.15, 0.2) is 5.96 Å². The monoisotopic (exact) mass is 492 g/mol. The lowest BCUT2D eigenvalue weighted by atomic mass is 9.86. The smallest absolute Gasteiger partial charge is 0.191 e. The zero-order valence-corrected chi connectivity index (χ0v) is 18.9. The molecule has 1 aromatic carbocycles. The molecule has 2 aromatic rings. The highest BCUT2D eigenvalue weighted by atomic mass is 127. The molecule has 1 atom stereocenters. The van der Waals surface area contributed by atoms with Gasteiger partial charge < -0.3 is 15.4 Å². The van der Waals surface area contributed by atoms with Crippen LogP contribution in [0.5, 0.6) is 5.75 Å². The quantitative estimate of drug-likeness (QED) is 0.376. The Morgan fingerprint density at radius 1 is 1.21 bits per heavy atom. The summed E-state index contributed by atoms with van der Waals surface area (Å²) in [6.45, 7) is 2.70. The number of ether oxygens (including phenoxy) is 1. The molecule has 0 amide bonds. The summed E-state index contributed by atoms with van der Waals surface area (Å²) in [5, 5.41) is 7.05. The minimum absolute atomic E-state index is 0. The normalized spacial score (nSPS) is 20.1. The molecule has 28 heavy (non-hydrogen) atoms. The number of hydrogen-bond acceptors (Lipinski definition) is 3. The predicted octanol–water partition coefficient (Wildman–Crippen LogP) is 4.51. The minimum Gasteiger partial charge on any atom is -0.487 e. The van der Waals surface area contributed by atoms with Crippen LogP contribution in [0.4, 0.5) is 0 Å². The third-order valence-corrected chi connectivity index (χ3v) is 5.68. The Bertz CT molecular complexity index is 816. The molecule has 1 saturated carbocycles. The highest BCUT2D eigenvalue weighted by molar-refractivity contribution is 14.0. The maximum atomic E-state index is 6.46. The zero-order valence-electron chi connectivity index (χ0n) is 16.6. The number of benzene rings is 1. The molecule has 6 heteroatoms. The van der Waals surface area contributed by atoms with E-state index in [1.165, 1.54) is 18.4 Å². The van der Waals surface area contributed by atoms with Gasteiger partial charge in [-0.05, 0) is 50.3 Å². The molecule has 2 heterocycles. The summed E-state index contributed by atoms with van der Waals surface area (Å²) in [5.41, 5.74) is 3.37. The summed E-state index contributed by atoms with van der Waals surface area (Å²) >= 11 is 0. The molecule has 5 nitrogen and oxygen atoms in total. The third kappa shape index (κ3) is 4.59. The van der Waals surface area contributed by atoms with Crippen molar-refractivity contribution >= 4 is 29.9 Å². The highest BCUT2D eigenvalue weighted by Crippen LogP contribution is 2.46. The first-order chi connectivity index (χ1) is 13.2. The number of aryl methyl sites for hydroxylation is 1. The van der Waals surface area contributed by atoms with Crippen LogP contribution in [-0.2, 0) is 6.54 Å². The van der Waals surface area contributed by atoms with Crippen molar-refractivity contribution in [2.45, 2.75) is 57.2 Å². The van der Waals surface area contributed by atoms with Crippen molar-refractivity contribution in [1.29, 1.82) is 0 Å². The van der Waals surface area contributed by atoms with E-state index in [9.17, 15) is 0 Å². The molecule has 1 aliphatic heterocycles. The minimum atomic E-state index is -0.0221. The Labute approximate surface area is 184 Å². The van der Waals surface area contributed by atoms with Gasteiger partial charge in [0.25, 0.3) is 0 Å². The van der Waals surface area contributed by atoms with Crippen LogP contribution in [0.1, 0.15) is 55.0 Å². The van der Waals surface area contributed by atoms with E-state index in [4.69, 9.17) is 4.74 Å². The number of guanidine groups is 1. The van der Waals surface area contributed by atoms with Gasteiger partial charge in [-0.1, -0.05) is 24.3 Å². The zero-order chi connectivity index (χ0) is 18.7. The molecule has 1 aliphatic carbocycles. The van der Waals surface area contributed by atoms with Crippen molar-refractivity contribution in [3.05, 3.63) is 59.4 Å². The standard InChI is InChI=1S/C22H28N4O.HI/c1-16-9-10-17(14-24-16)15-25-21(23-2)26-19-13-22(11-5-6-12-22)27-20-8-4-3-7-18(19)20;/h3-4,7-10,14,19H,5-6,11-13,15H2,1-2H3,(H2,23,25,26);1H. The second-order valence-electron chi connectivity index (χ2n) is 7.66. The van der Waals surface area contributed by atoms with Crippen molar-refractivity contribution in [1.82, 2.24) is 15.6 Å². The molecular weight excluding hydrogens is 463 g/mol. The van der Waals surface area contributed by atoms with Crippen molar-refractivity contribution in [3.63, 3.8) is 0 Å². The lowest BCUT2D eigenvalue weighted by Gasteiger charge is -2.40. The Morgan fingerprint density at radius 2 is 2.00 bits per heavy atom. The van der Waals surface area contributed by atoms with Gasteiger partial charge in [-0.15, -0.1) is 24.0 Å². The van der Waals surface area contributed by atoms with Crippen LogP contribution in [0.3, 0.4) is 0 Å². The van der Waals surface area contributed by atoms with Crippen molar-refractivity contribution < 1.29 is 4.74 Å². The first-order valence-electron chi connectivity index (χ1n) is 9.84. The van der Waals surface area contributed by atoms with Crippen LogP contribution in [0, 0.1) is 6.92 Å². The van der Waals surface area contributed by atoms with Crippen molar-refractivity contribution in [2.24, 2.45) is 4.99 Å². The average molecular weight is 492 g/mol. The maximum absolute atomic E-state index is 6.46. The van der Waals surface area contributed by atoms with Gasteiger partial charge in [0.05, 0.1) is 6.04 Å². The molecule has 2 N–H and O–H groups in total. The molecule has 1 unspecified atom stereocenters. The lowest BCUT2D eigenvalue weighted by Crippen LogP contribution is -2.46. The van der Waals surface area contributed by atoms with Crippen LogP contribution < -0.4 is 15.4 Å². The van der Waals surface area contributed by atoms with E-state index in [0.717, 1.165) is 42.2 Å². The number of aliphatic imine (C=N–C) groups is 1. The van der Waals surface area contributed by atoms with Crippen molar-refractivity contribution in [3.8, 4) is 5.75 Å². The van der Waals surface area contributed by atoms with E-state index >= 15 is 0 Å². The number of fused-ring (bicyclic) bond motifs is 1. The van der Waals surface area contributed by atoms with E-state index < -0.39 is 0 Å². The number of nitrogens with one attached hydrogen (secondary N) is 2. The van der Waals surface area contributed by atoms with Crippen molar-refractivity contribution in [2.75, 3.05) is 7.05 Å². The second kappa shape index (κ2) is 9.11. The summed E-state index contributed by atoms with van der Waals surface area (Å²) in [4.78, 5) is 8.80. The fourth-order valence-corrected chi connectivity index (χ4v) is 4.22. The van der Waals surface area contributed by atoms with Crippen LogP contribution >= 0.6 is 24.0 Å². The number of para-hydroxylation sites is 1. The van der Waals surface area contributed by atoms with Gasteiger partial charge in [0, 0.05) is 37.5 Å². The van der Waals surface area contributed by atoms with E-state index in [1.807, 2.05) is 26.2 Å². The molecule has 0 radical (unpaired) electrons. The Kier molecular flexibility index (Phi) is 6.80. The molecule has 150 valence electrons. The van der Waals surface area contributed by atoms with Gasteiger partial charge in [0.2, 0.25) is 0 Å². The average Bonchev–Trinajstić information content (AvgIpc) is 3.13. The first-order valence-corrected chi connectivity index (χ1v) is 9.84. The molecule has 1 fully saturated rings. The van der Waals surface area contributed by atoms with Crippen LogP contribution in [0.15, 0.2) is 47.6 Å². The van der Waals surface area contributed by atoms with Gasteiger partial charge >= 0.3 is 0 Å². The number of rotatable bonds is 3. The van der Waals surface area contributed by atoms with Gasteiger partial charge in [-0.2, -0.15) is 0 Å². The van der Waals surface area contributed by atoms with E-state index in [0.29, 0.717) is 6.54 Å². The topological polar surface area (TPSA) is 58.5 Å². The van der Waals surface area contributed by atoms with E-state index in [2.05, 4.69) is 50.9 Å². The largest absolute Gasteiger partial charge is 0.487 e. The maximum Gasteiger partial charge on any atom is 0.191 e. The fraction of sp³-hybridized carbons (Fsp3) is 0.455. The summed E-state index contributed by atoms with van der Waals surface area (Å²) < 4.78 is 6.46. The molecule has 0 saturated heterocycles. The SMILES string of the molecule is CN=C(NCc1ccc(C)nc1)NC1CC2(CCCC2)Oc2ccccc21.I. The Morgan fingerprint density at radius 3 is 2.71 bits per heavy atom. The fourth-order valence-electron chi connectivity index (χ4n) is 4.22. The van der Waals surface area contributed by atoms with E-state index in [1.54, 1.807) is 0 Å². The number of hydrogen-bond donors (Lipinski definition) is 2. The van der Waals surface area contributed by atoms with E-state index in [-0.39, 0.29) is 35.6 Å². The highest BCUT2D eigenvalue weighted by Gasteiger charge is 2.43. The molecule has 1 spiro atoms. The number of pyridine rings is 1. The Balaban J connectivity index is 0.00000225. The number of aromatic nitrogens is 1. The Hall–Kier alpha value is -1.83. The second-order valence-corrected chi connectivity index (χ2v) is 7.66. The summed E-state index contributed by atoms with van der Waals surface area (Å²) in [5.74, 6) is 1.83. The predicted molar refractivity (Wildman–Crippen MR) is 123 cm³/mol. The van der Waals surface area contributed by atoms with Crippen LogP contribution in [0.25, 0.3) is 0 Å². The molecule has 4 rings (SSSR count). The summed E-state index contributed by atoms with van der Waals surface area (Å²) in [6.07, 6.45) is 7.68. The molecule has 1 aromatic heterocycles. The first kappa shape index (κ1) is 20.9. The summed E-state index contributed by atoms with van der Waals surface area (Å²) in [6, 6.07) is 12.7. The van der Waals surface area contributed by atoms with Gasteiger partial charge in [0.1, 0.15) is 11.4 Å². The van der Waals surface area contributed by atoms with Gasteiger partial charge in [-0.3, -0.25) is 9.98 Å². The van der Waals surface area contributed by atoms with Crippen LogP contribution in [-0.4, -0.2) is 23.6 Å². The molecular formula is C22H29IN4O. The molecule has 2 aliphatic rings. The third-order valence-electron chi connectivity index (χ3n) is 5.68. The molecule has 0 bridgehead atoms. The van der Waals surface area contributed by atoms with Gasteiger partial charge in [-0.25, -0.2) is 0 Å².